The number of piperidine rings is 1. The van der Waals surface area contributed by atoms with Gasteiger partial charge in [-0.3, -0.25) is 14.6 Å². The molecule has 35 heavy (non-hydrogen) atoms. The molecule has 190 valence electrons. The van der Waals surface area contributed by atoms with Crippen LogP contribution in [0.25, 0.3) is 0 Å². The Morgan fingerprint density at radius 1 is 1.23 bits per heavy atom. The fourth-order valence-electron chi connectivity index (χ4n) is 4.01. The number of nitrogens with zero attached hydrogens (tertiary/aromatic N) is 2. The lowest BCUT2D eigenvalue weighted by Gasteiger charge is -2.36. The number of hydrogen-bond acceptors (Lipinski definition) is 6. The van der Waals surface area contributed by atoms with Gasteiger partial charge in [0.25, 0.3) is 5.91 Å². The maximum Gasteiger partial charge on any atom is 0.256 e. The van der Waals surface area contributed by atoms with Crippen molar-refractivity contribution in [2.75, 3.05) is 19.8 Å². The Hall–Kier alpha value is -2.71. The maximum absolute atomic E-state index is 13.6. The Morgan fingerprint density at radius 2 is 2.00 bits per heavy atom. The van der Waals surface area contributed by atoms with E-state index in [-0.39, 0.29) is 34.9 Å². The van der Waals surface area contributed by atoms with Crippen LogP contribution >= 0.6 is 0 Å². The maximum atomic E-state index is 13.6. The molecule has 1 aromatic heterocycles. The quantitative estimate of drug-likeness (QED) is 0.376. The number of phenolic OH excluding ortho intramolecular Hbond substituents is 1. The molecule has 1 aromatic carbocycles. The Morgan fingerprint density at radius 3 is 2.71 bits per heavy atom. The monoisotopic (exact) mass is 498 g/mol. The highest BCUT2D eigenvalue weighted by Crippen LogP contribution is 2.36. The standard InChI is InChI=1S/C27H38N2O5Si/c1-27(2,3)35(4,5)34-17-14-23-21(11-9-15-28-23)26(32)29-16-7-6-10-20(29)19-33-25-13-8-12-24(31)22(25)18-30/h8-9,11-13,15,18,20,31H,6-7,10,14,16-17,19H2,1-5H3/t20-/m0/s1. The van der Waals surface area contributed by atoms with Gasteiger partial charge >= 0.3 is 0 Å². The average molecular weight is 499 g/mol. The van der Waals surface area contributed by atoms with E-state index in [0.29, 0.717) is 37.2 Å². The number of likely N-dealkylation sites (tertiary alicyclic amines) is 1. The number of ether oxygens (including phenoxy) is 1. The fraction of sp³-hybridized carbons (Fsp3) is 0.519. The van der Waals surface area contributed by atoms with E-state index in [1.165, 1.54) is 6.07 Å². The molecule has 1 atom stereocenters. The first-order valence-electron chi connectivity index (χ1n) is 12.3. The Balaban J connectivity index is 1.71. The number of pyridine rings is 1. The zero-order chi connectivity index (χ0) is 25.6. The van der Waals surface area contributed by atoms with Crippen molar-refractivity contribution in [3.63, 3.8) is 0 Å². The van der Waals surface area contributed by atoms with Gasteiger partial charge in [0, 0.05) is 25.8 Å². The van der Waals surface area contributed by atoms with Crippen molar-refractivity contribution in [3.05, 3.63) is 53.3 Å². The molecule has 3 rings (SSSR count). The number of benzene rings is 1. The molecule has 0 bridgehead atoms. The minimum absolute atomic E-state index is 0.0553. The van der Waals surface area contributed by atoms with Crippen LogP contribution in [0, 0.1) is 0 Å². The Kier molecular flexibility index (Phi) is 8.72. The molecule has 0 radical (unpaired) electrons. The summed E-state index contributed by atoms with van der Waals surface area (Å²) in [7, 11) is -1.88. The van der Waals surface area contributed by atoms with Gasteiger partial charge in [0.05, 0.1) is 22.9 Å². The largest absolute Gasteiger partial charge is 0.507 e. The molecular formula is C27H38N2O5Si. The summed E-state index contributed by atoms with van der Waals surface area (Å²) < 4.78 is 12.2. The highest BCUT2D eigenvalue weighted by atomic mass is 28.4. The average Bonchev–Trinajstić information content (AvgIpc) is 2.82. The molecule has 1 aliphatic rings. The molecule has 1 amide bonds. The second-order valence-electron chi connectivity index (χ2n) is 10.6. The third-order valence-electron chi connectivity index (χ3n) is 7.21. The Labute approximate surface area is 209 Å². The first-order valence-corrected chi connectivity index (χ1v) is 15.2. The molecule has 2 heterocycles. The van der Waals surface area contributed by atoms with E-state index < -0.39 is 8.32 Å². The summed E-state index contributed by atoms with van der Waals surface area (Å²) in [6.45, 7) is 12.5. The summed E-state index contributed by atoms with van der Waals surface area (Å²) in [6, 6.07) is 8.24. The van der Waals surface area contributed by atoms with Crippen LogP contribution in [0.3, 0.4) is 0 Å². The van der Waals surface area contributed by atoms with E-state index >= 15 is 0 Å². The van der Waals surface area contributed by atoms with Crippen molar-refractivity contribution < 1.29 is 23.9 Å². The van der Waals surface area contributed by atoms with Gasteiger partial charge in [0.1, 0.15) is 18.1 Å². The molecule has 0 unspecified atom stereocenters. The van der Waals surface area contributed by atoms with E-state index in [9.17, 15) is 14.7 Å². The van der Waals surface area contributed by atoms with E-state index in [4.69, 9.17) is 9.16 Å². The van der Waals surface area contributed by atoms with Crippen LogP contribution in [0.2, 0.25) is 18.1 Å². The van der Waals surface area contributed by atoms with Crippen molar-refractivity contribution in [2.45, 2.75) is 70.6 Å². The highest BCUT2D eigenvalue weighted by Gasteiger charge is 2.37. The molecule has 1 aliphatic heterocycles. The van der Waals surface area contributed by atoms with Crippen molar-refractivity contribution in [3.8, 4) is 11.5 Å². The lowest BCUT2D eigenvalue weighted by Crippen LogP contribution is -2.47. The molecule has 0 saturated carbocycles. The van der Waals surface area contributed by atoms with E-state index in [1.54, 1.807) is 24.4 Å². The van der Waals surface area contributed by atoms with Gasteiger partial charge in [-0.1, -0.05) is 26.8 Å². The smallest absolute Gasteiger partial charge is 0.256 e. The summed E-state index contributed by atoms with van der Waals surface area (Å²) in [5.41, 5.74) is 1.47. The van der Waals surface area contributed by atoms with Gasteiger partial charge in [-0.2, -0.15) is 0 Å². The number of aldehydes is 1. The number of carbonyl (C=O) groups excluding carboxylic acids is 2. The third kappa shape index (κ3) is 6.49. The normalized spacial score (nSPS) is 16.7. The number of aromatic nitrogens is 1. The fourth-order valence-corrected chi connectivity index (χ4v) is 5.06. The first-order chi connectivity index (χ1) is 16.5. The van der Waals surface area contributed by atoms with Gasteiger partial charge in [0.2, 0.25) is 0 Å². The summed E-state index contributed by atoms with van der Waals surface area (Å²) in [5, 5.41) is 10.0. The minimum Gasteiger partial charge on any atom is -0.507 e. The topological polar surface area (TPSA) is 89.0 Å². The second-order valence-corrected chi connectivity index (χ2v) is 15.4. The highest BCUT2D eigenvalue weighted by molar-refractivity contribution is 6.74. The van der Waals surface area contributed by atoms with E-state index in [1.807, 2.05) is 11.0 Å². The molecule has 1 N–H and O–H groups in total. The number of phenols is 1. The zero-order valence-electron chi connectivity index (χ0n) is 21.5. The SMILES string of the molecule is CC(C)(C)[Si](C)(C)OCCc1ncccc1C(=O)N1CCCC[C@H]1COc1cccc(O)c1C=O. The van der Waals surface area contributed by atoms with Crippen LogP contribution in [-0.2, 0) is 10.8 Å². The molecule has 8 heteroatoms. The zero-order valence-corrected chi connectivity index (χ0v) is 22.5. The lowest BCUT2D eigenvalue weighted by molar-refractivity contribution is 0.0525. The number of carbonyl (C=O) groups is 2. The molecular weight excluding hydrogens is 460 g/mol. The summed E-state index contributed by atoms with van der Waals surface area (Å²) in [5.74, 6) is 0.150. The van der Waals surface area contributed by atoms with Crippen LogP contribution in [0.4, 0.5) is 0 Å². The second kappa shape index (κ2) is 11.3. The van der Waals surface area contributed by atoms with Gasteiger partial charge < -0.3 is 19.2 Å². The number of rotatable bonds is 9. The van der Waals surface area contributed by atoms with Crippen LogP contribution in [0.15, 0.2) is 36.5 Å². The van der Waals surface area contributed by atoms with E-state index in [0.717, 1.165) is 25.0 Å². The molecule has 0 aliphatic carbocycles. The van der Waals surface area contributed by atoms with Crippen molar-refractivity contribution in [1.29, 1.82) is 0 Å². The summed E-state index contributed by atoms with van der Waals surface area (Å²) >= 11 is 0. The summed E-state index contributed by atoms with van der Waals surface area (Å²) in [6.07, 6.45) is 5.62. The van der Waals surface area contributed by atoms with Crippen LogP contribution < -0.4 is 4.74 Å². The van der Waals surface area contributed by atoms with Crippen LogP contribution in [-0.4, -0.2) is 61.3 Å². The number of hydrogen-bond donors (Lipinski definition) is 1. The van der Waals surface area contributed by atoms with Gasteiger partial charge in [-0.05, 0) is 61.7 Å². The molecule has 2 aromatic rings. The van der Waals surface area contributed by atoms with Gasteiger partial charge in [-0.25, -0.2) is 0 Å². The molecule has 1 saturated heterocycles. The van der Waals surface area contributed by atoms with Crippen LogP contribution in [0.5, 0.6) is 11.5 Å². The van der Waals surface area contributed by atoms with Crippen molar-refractivity contribution >= 4 is 20.5 Å². The van der Waals surface area contributed by atoms with Gasteiger partial charge in [0.15, 0.2) is 14.6 Å². The first kappa shape index (κ1) is 26.9. The third-order valence-corrected chi connectivity index (χ3v) is 11.7. The molecule has 0 spiro atoms. The minimum atomic E-state index is -1.88. The van der Waals surface area contributed by atoms with Crippen molar-refractivity contribution in [2.24, 2.45) is 0 Å². The van der Waals surface area contributed by atoms with Gasteiger partial charge in [-0.15, -0.1) is 0 Å². The predicted octanol–water partition coefficient (Wildman–Crippen LogP) is 5.24. The lowest BCUT2D eigenvalue weighted by atomic mass is 10.0. The van der Waals surface area contributed by atoms with Crippen LogP contribution in [0.1, 0.15) is 66.4 Å². The number of amides is 1. The predicted molar refractivity (Wildman–Crippen MR) is 139 cm³/mol. The summed E-state index contributed by atoms with van der Waals surface area (Å²) in [4.78, 5) is 31.4. The number of aromatic hydroxyl groups is 1. The molecule has 1 fully saturated rings. The van der Waals surface area contributed by atoms with E-state index in [2.05, 4.69) is 38.8 Å². The van der Waals surface area contributed by atoms with Crippen molar-refractivity contribution in [1.82, 2.24) is 9.88 Å². The molecule has 7 nitrogen and oxygen atoms in total. The Bertz CT molecular complexity index is 1030.